The second-order valence-corrected chi connectivity index (χ2v) is 16.9. The number of amides is 4. The van der Waals surface area contributed by atoms with Crippen molar-refractivity contribution in [3.63, 3.8) is 0 Å². The summed E-state index contributed by atoms with van der Waals surface area (Å²) >= 11 is -1.65. The normalized spacial score (nSPS) is 16.9. The first-order chi connectivity index (χ1) is 27.1. The Bertz CT molecular complexity index is 2150. The van der Waals surface area contributed by atoms with Gasteiger partial charge in [0.15, 0.2) is 0 Å². The Balaban J connectivity index is 1.52. The van der Waals surface area contributed by atoms with Crippen LogP contribution in [0.1, 0.15) is 46.9 Å². The summed E-state index contributed by atoms with van der Waals surface area (Å²) in [5.41, 5.74) is 8.53. The third-order valence-corrected chi connectivity index (χ3v) is 15.0. The van der Waals surface area contributed by atoms with Crippen LogP contribution in [0.15, 0.2) is 145 Å². The molecule has 4 N–H and O–H groups in total. The zero-order valence-electron chi connectivity index (χ0n) is 30.0. The number of rotatable bonds is 16. The van der Waals surface area contributed by atoms with Crippen molar-refractivity contribution in [2.75, 3.05) is 13.1 Å². The average Bonchev–Trinajstić information content (AvgIpc) is 4.06. The number of fused-ring (bicyclic) bond motifs is 6. The molecule has 55 heavy (non-hydrogen) atoms. The van der Waals surface area contributed by atoms with E-state index in [-0.39, 0.29) is 24.9 Å². The molecule has 0 heterocycles. The number of nitrogens with one attached hydrogen (secondary N) is 4. The van der Waals surface area contributed by atoms with Gasteiger partial charge in [0.2, 0.25) is 0 Å². The van der Waals surface area contributed by atoms with Gasteiger partial charge in [-0.1, -0.05) is 0 Å². The maximum absolute atomic E-state index is 13.2. The van der Waals surface area contributed by atoms with Crippen LogP contribution in [0.3, 0.4) is 0 Å². The van der Waals surface area contributed by atoms with Crippen molar-refractivity contribution in [3.8, 4) is 22.3 Å². The summed E-state index contributed by atoms with van der Waals surface area (Å²) in [6, 6.07) is 33.3. The van der Waals surface area contributed by atoms with Gasteiger partial charge in [0, 0.05) is 0 Å². The number of carbonyl (C=O) groups is 4. The topological polar surface area (TPSA) is 116 Å². The Hall–Kier alpha value is -5.85. The zero-order chi connectivity index (χ0) is 37.8. The molecular formula is C46H40MoN4O4. The van der Waals surface area contributed by atoms with Gasteiger partial charge < -0.3 is 0 Å². The molecule has 4 aromatic carbocycles. The molecule has 4 aromatic rings. The van der Waals surface area contributed by atoms with E-state index >= 15 is 0 Å². The second kappa shape index (κ2) is 15.5. The first-order valence-electron chi connectivity index (χ1n) is 18.4. The molecule has 2 unspecified atom stereocenters. The Kier molecular flexibility index (Phi) is 10.2. The summed E-state index contributed by atoms with van der Waals surface area (Å²) in [6.07, 6.45) is 16.5. The third kappa shape index (κ3) is 5.87. The number of hydrogen-bond acceptors (Lipinski definition) is 4. The van der Waals surface area contributed by atoms with Gasteiger partial charge in [0.25, 0.3) is 0 Å². The SMILES string of the molecule is O=CNC[C](=[Mo]=[C](CNC=O)C(NC=O)(C1=CC=CC1)C1c2ccccc2-c2ccccc21)C(NC=O)(C1=CC=CC1)C1c2ccccc2-c2ccccc21. The Morgan fingerprint density at radius 3 is 1.16 bits per heavy atom. The molecule has 0 saturated heterocycles. The fraction of sp³-hybridized carbons (Fsp3) is 0.174. The van der Waals surface area contributed by atoms with Crippen LogP contribution >= 0.6 is 0 Å². The molecule has 4 aliphatic carbocycles. The molecule has 8 nitrogen and oxygen atoms in total. The van der Waals surface area contributed by atoms with E-state index in [0.717, 1.165) is 76.3 Å². The summed E-state index contributed by atoms with van der Waals surface area (Å²) < 4.78 is 1.88. The number of allylic oxidation sites excluding steroid dienone is 6. The van der Waals surface area contributed by atoms with E-state index in [1.54, 1.807) is 0 Å². The predicted octanol–water partition coefficient (Wildman–Crippen LogP) is 5.27. The van der Waals surface area contributed by atoms with E-state index in [0.29, 0.717) is 25.7 Å². The van der Waals surface area contributed by atoms with Crippen molar-refractivity contribution in [2.24, 2.45) is 0 Å². The minimum atomic E-state index is -1.65. The number of hydrogen-bond donors (Lipinski definition) is 4. The third-order valence-electron chi connectivity index (χ3n) is 11.5. The van der Waals surface area contributed by atoms with Gasteiger partial charge >= 0.3 is 330 Å². The average molecular weight is 809 g/mol. The standard InChI is InChI=1S/2C23H20N2O2.Mo/c2*26-15-24-14-13-23(25-16-27,17-7-1-2-8-17)22-20-11-5-3-9-18(20)19-10-4-6-12-21(19)22;/h2*1-7,9-12,15-16,22H,8,14H2,(H,24,26)(H,25,27);. The van der Waals surface area contributed by atoms with Crippen LogP contribution in [-0.4, -0.2) is 57.6 Å². The second-order valence-electron chi connectivity index (χ2n) is 13.9. The molecule has 2 atom stereocenters. The Morgan fingerprint density at radius 2 is 0.873 bits per heavy atom. The van der Waals surface area contributed by atoms with Crippen LogP contribution in [0.25, 0.3) is 22.3 Å². The van der Waals surface area contributed by atoms with Crippen molar-refractivity contribution in [2.45, 2.75) is 35.8 Å². The zero-order valence-corrected chi connectivity index (χ0v) is 32.0. The first-order valence-corrected chi connectivity index (χ1v) is 20.4. The Morgan fingerprint density at radius 1 is 0.527 bits per heavy atom. The Labute approximate surface area is 328 Å². The molecule has 0 saturated carbocycles. The molecular weight excluding hydrogens is 768 g/mol. The first kappa shape index (κ1) is 36.1. The van der Waals surface area contributed by atoms with Crippen LogP contribution in [0.4, 0.5) is 0 Å². The van der Waals surface area contributed by atoms with Gasteiger partial charge in [0.05, 0.1) is 0 Å². The van der Waals surface area contributed by atoms with E-state index in [1.807, 2.05) is 60.7 Å². The van der Waals surface area contributed by atoms with Gasteiger partial charge in [-0.2, -0.15) is 0 Å². The van der Waals surface area contributed by atoms with Crippen molar-refractivity contribution in [1.29, 1.82) is 0 Å². The summed E-state index contributed by atoms with van der Waals surface area (Å²) in [5.74, 6) is -0.669. The van der Waals surface area contributed by atoms with Crippen LogP contribution < -0.4 is 21.3 Å². The van der Waals surface area contributed by atoms with Crippen LogP contribution in [0.2, 0.25) is 0 Å². The van der Waals surface area contributed by atoms with Crippen molar-refractivity contribution >= 4 is 33.4 Å². The fourth-order valence-electron chi connectivity index (χ4n) is 9.40. The van der Waals surface area contributed by atoms with Gasteiger partial charge in [-0.25, -0.2) is 0 Å². The number of benzene rings is 4. The van der Waals surface area contributed by atoms with Crippen molar-refractivity contribution in [3.05, 3.63) is 167 Å². The minimum absolute atomic E-state index is 0.168. The van der Waals surface area contributed by atoms with Crippen LogP contribution in [-0.2, 0) is 36.8 Å². The molecule has 0 spiro atoms. The van der Waals surface area contributed by atoms with E-state index < -0.39 is 28.7 Å². The molecule has 274 valence electrons. The summed E-state index contributed by atoms with van der Waals surface area (Å²) in [4.78, 5) is 51.0. The molecule has 4 amide bonds. The molecule has 0 bridgehead atoms. The van der Waals surface area contributed by atoms with Gasteiger partial charge in [-0.05, 0) is 0 Å². The van der Waals surface area contributed by atoms with E-state index in [4.69, 9.17) is 0 Å². The predicted molar refractivity (Wildman–Crippen MR) is 213 cm³/mol. The summed E-state index contributed by atoms with van der Waals surface area (Å²) in [6.45, 7) is 0.337. The van der Waals surface area contributed by atoms with Crippen molar-refractivity contribution in [1.82, 2.24) is 21.3 Å². The van der Waals surface area contributed by atoms with Gasteiger partial charge in [-0.3, -0.25) is 0 Å². The molecule has 0 aromatic heterocycles. The molecule has 9 heteroatoms. The van der Waals surface area contributed by atoms with Crippen LogP contribution in [0.5, 0.6) is 0 Å². The summed E-state index contributed by atoms with van der Waals surface area (Å²) in [5, 5.41) is 12.9. The quantitative estimate of drug-likeness (QED) is 0.0913. The van der Waals surface area contributed by atoms with E-state index in [2.05, 4.69) is 94.1 Å². The molecule has 8 rings (SSSR count). The van der Waals surface area contributed by atoms with Gasteiger partial charge in [-0.15, -0.1) is 0 Å². The summed E-state index contributed by atoms with van der Waals surface area (Å²) in [7, 11) is 0. The number of carbonyl (C=O) groups excluding carboxylic acids is 4. The van der Waals surface area contributed by atoms with E-state index in [9.17, 15) is 19.2 Å². The fourth-order valence-corrected chi connectivity index (χ4v) is 13.2. The van der Waals surface area contributed by atoms with Crippen LogP contribution in [0, 0.1) is 0 Å². The van der Waals surface area contributed by atoms with Crippen molar-refractivity contribution < 1.29 is 36.8 Å². The van der Waals surface area contributed by atoms with E-state index in [1.165, 1.54) is 0 Å². The monoisotopic (exact) mass is 810 g/mol. The molecule has 0 aliphatic heterocycles. The van der Waals surface area contributed by atoms with Gasteiger partial charge in [0.1, 0.15) is 0 Å². The molecule has 0 fully saturated rings. The molecule has 0 radical (unpaired) electrons. The molecule has 4 aliphatic rings. The maximum atomic E-state index is 13.2.